The lowest BCUT2D eigenvalue weighted by atomic mass is 10.0. The van der Waals surface area contributed by atoms with Gasteiger partial charge in [0.05, 0.1) is 24.3 Å². The molecular formula is C25H28F3N7O5S. The zero-order chi connectivity index (χ0) is 30.1. The highest BCUT2D eigenvalue weighted by atomic mass is 32.1. The zero-order valence-electron chi connectivity index (χ0n) is 22.5. The van der Waals surface area contributed by atoms with Crippen LogP contribution in [0.3, 0.4) is 0 Å². The van der Waals surface area contributed by atoms with Crippen LogP contribution in [-0.2, 0) is 11.8 Å². The van der Waals surface area contributed by atoms with E-state index in [0.29, 0.717) is 11.3 Å². The van der Waals surface area contributed by atoms with E-state index in [1.54, 1.807) is 32.7 Å². The van der Waals surface area contributed by atoms with Gasteiger partial charge in [-0.15, -0.1) is 0 Å². The van der Waals surface area contributed by atoms with Crippen molar-refractivity contribution in [3.05, 3.63) is 41.7 Å². The number of nitrogens with zero attached hydrogens (tertiary/aromatic N) is 4. The third-order valence-electron chi connectivity index (χ3n) is 5.82. The molecule has 0 bridgehead atoms. The van der Waals surface area contributed by atoms with E-state index >= 15 is 0 Å². The van der Waals surface area contributed by atoms with Crippen molar-refractivity contribution in [1.29, 1.82) is 0 Å². The van der Waals surface area contributed by atoms with Crippen molar-refractivity contribution in [3.8, 4) is 10.6 Å². The number of alkyl halides is 1. The Labute approximate surface area is 236 Å². The van der Waals surface area contributed by atoms with Gasteiger partial charge in [0.1, 0.15) is 39.1 Å². The number of carbonyl (C=O) groups excluding carboxylic acids is 2. The summed E-state index contributed by atoms with van der Waals surface area (Å²) in [5.41, 5.74) is -1.58. The zero-order valence-corrected chi connectivity index (χ0v) is 23.3. The second-order valence-electron chi connectivity index (χ2n) is 10.3. The summed E-state index contributed by atoms with van der Waals surface area (Å²) in [6.07, 6.45) is -2.29. The van der Waals surface area contributed by atoms with Gasteiger partial charge in [-0.1, -0.05) is 17.4 Å². The molecular weight excluding hydrogens is 567 g/mol. The molecule has 3 amide bonds. The normalized spacial score (nSPS) is 17.2. The molecule has 3 heterocycles. The van der Waals surface area contributed by atoms with Crippen LogP contribution in [0.5, 0.6) is 0 Å². The molecule has 0 unspecified atom stereocenters. The molecule has 0 aliphatic carbocycles. The largest absolute Gasteiger partial charge is 0.465 e. The smallest absolute Gasteiger partial charge is 0.412 e. The lowest BCUT2D eigenvalue weighted by molar-refractivity contribution is 0.0636. The average molecular weight is 596 g/mol. The molecule has 1 aliphatic rings. The summed E-state index contributed by atoms with van der Waals surface area (Å²) in [4.78, 5) is 42.8. The quantitative estimate of drug-likeness (QED) is 0.323. The number of thiazole rings is 1. The minimum atomic E-state index is -1.36. The maximum Gasteiger partial charge on any atom is 0.412 e. The van der Waals surface area contributed by atoms with Crippen LogP contribution in [-0.4, -0.2) is 68.9 Å². The lowest BCUT2D eigenvalue weighted by Gasteiger charge is -2.36. The first-order chi connectivity index (χ1) is 19.2. The Morgan fingerprint density at radius 1 is 1.15 bits per heavy atom. The topological polar surface area (TPSA) is 151 Å². The van der Waals surface area contributed by atoms with Crippen LogP contribution in [0.25, 0.3) is 10.6 Å². The summed E-state index contributed by atoms with van der Waals surface area (Å²) >= 11 is 0.669. The monoisotopic (exact) mass is 595 g/mol. The molecule has 0 saturated carbocycles. The van der Waals surface area contributed by atoms with Gasteiger partial charge in [0.2, 0.25) is 0 Å². The van der Waals surface area contributed by atoms with Crippen LogP contribution in [0.4, 0.5) is 39.3 Å². The SMILES string of the molecule is Cn1ncc(NC(=O)c2nc(-c3c(F)cccc3F)sc2NC(=O)OC(C)(C)C)c1N1C[C@@H](F)C[C@@H](NC(=O)O)C1. The van der Waals surface area contributed by atoms with Crippen molar-refractivity contribution in [3.63, 3.8) is 0 Å². The van der Waals surface area contributed by atoms with Gasteiger partial charge in [-0.05, 0) is 32.9 Å². The number of aryl methyl sites for hydroxylation is 1. The van der Waals surface area contributed by atoms with Crippen molar-refractivity contribution < 1.29 is 37.4 Å². The number of aromatic nitrogens is 3. The van der Waals surface area contributed by atoms with Crippen molar-refractivity contribution in [1.82, 2.24) is 20.1 Å². The van der Waals surface area contributed by atoms with E-state index in [1.165, 1.54) is 16.9 Å². The van der Waals surface area contributed by atoms with E-state index < -0.39 is 53.1 Å². The van der Waals surface area contributed by atoms with E-state index in [0.717, 1.165) is 12.1 Å². The highest BCUT2D eigenvalue weighted by Gasteiger charge is 2.32. The third kappa shape index (κ3) is 7.06. The number of carboxylic acid groups (broad SMARTS) is 1. The van der Waals surface area contributed by atoms with E-state index in [4.69, 9.17) is 9.84 Å². The number of ether oxygens (including phenoxy) is 1. The standard InChI is InChI=1S/C25H28F3N7O5S/c1-25(2,3)40-24(39)33-21-18(32-20(41-21)17-14(27)6-5-7-15(17)28)19(36)31-16-9-29-34(4)22(16)35-10-12(26)8-13(11-35)30-23(37)38/h5-7,9,12-13,30H,8,10-11H2,1-4H3,(H,31,36)(H,33,39)(H,37,38)/t12-,13+/m0/s1. The number of benzene rings is 1. The van der Waals surface area contributed by atoms with Crippen LogP contribution in [0.2, 0.25) is 0 Å². The molecule has 0 spiro atoms. The number of amides is 3. The fraction of sp³-hybridized carbons (Fsp3) is 0.400. The van der Waals surface area contributed by atoms with Crippen LogP contribution in [0.1, 0.15) is 37.7 Å². The van der Waals surface area contributed by atoms with Gasteiger partial charge in [-0.25, -0.2) is 27.7 Å². The highest BCUT2D eigenvalue weighted by molar-refractivity contribution is 7.19. The van der Waals surface area contributed by atoms with E-state index in [2.05, 4.69) is 26.0 Å². The molecule has 3 aromatic rings. The highest BCUT2D eigenvalue weighted by Crippen LogP contribution is 2.36. The third-order valence-corrected chi connectivity index (χ3v) is 6.80. The van der Waals surface area contributed by atoms with E-state index in [9.17, 15) is 27.6 Å². The maximum atomic E-state index is 14.5. The minimum absolute atomic E-state index is 0.0176. The van der Waals surface area contributed by atoms with Gasteiger partial charge in [-0.2, -0.15) is 5.10 Å². The summed E-state index contributed by atoms with van der Waals surface area (Å²) < 4.78 is 50.2. The molecule has 4 N–H and O–H groups in total. The molecule has 1 aliphatic heterocycles. The van der Waals surface area contributed by atoms with Crippen molar-refractivity contribution >= 4 is 45.9 Å². The van der Waals surface area contributed by atoms with Crippen LogP contribution < -0.4 is 20.9 Å². The van der Waals surface area contributed by atoms with Gasteiger partial charge >= 0.3 is 12.2 Å². The summed E-state index contributed by atoms with van der Waals surface area (Å²) in [6.45, 7) is 4.93. The molecule has 1 fully saturated rings. The second kappa shape index (κ2) is 11.6. The molecule has 1 saturated heterocycles. The Morgan fingerprint density at radius 2 is 1.83 bits per heavy atom. The van der Waals surface area contributed by atoms with Gasteiger partial charge < -0.3 is 25.4 Å². The number of carbonyl (C=O) groups is 3. The Balaban J connectivity index is 1.67. The summed E-state index contributed by atoms with van der Waals surface area (Å²) in [6, 6.07) is 2.53. The lowest BCUT2D eigenvalue weighted by Crippen LogP contribution is -2.52. The Morgan fingerprint density at radius 3 is 2.46 bits per heavy atom. The van der Waals surface area contributed by atoms with Crippen molar-refractivity contribution in [2.75, 3.05) is 28.6 Å². The number of hydrogen-bond donors (Lipinski definition) is 4. The average Bonchev–Trinajstić information content (AvgIpc) is 3.40. The number of hydrogen-bond acceptors (Lipinski definition) is 8. The number of halogens is 3. The minimum Gasteiger partial charge on any atom is -0.465 e. The Hall–Kier alpha value is -4.34. The van der Waals surface area contributed by atoms with E-state index in [1.807, 2.05) is 0 Å². The number of rotatable bonds is 6. The van der Waals surface area contributed by atoms with Gasteiger partial charge in [0.25, 0.3) is 5.91 Å². The van der Waals surface area contributed by atoms with Gasteiger partial charge in [-0.3, -0.25) is 14.8 Å². The number of anilines is 3. The Bertz CT molecular complexity index is 1450. The molecule has 2 aromatic heterocycles. The second-order valence-corrected chi connectivity index (χ2v) is 11.3. The number of piperidine rings is 1. The van der Waals surface area contributed by atoms with Crippen LogP contribution >= 0.6 is 11.3 Å². The van der Waals surface area contributed by atoms with Gasteiger partial charge in [0.15, 0.2) is 11.5 Å². The summed E-state index contributed by atoms with van der Waals surface area (Å²) in [5, 5.41) is 20.2. The first-order valence-electron chi connectivity index (χ1n) is 12.4. The van der Waals surface area contributed by atoms with Crippen molar-refractivity contribution in [2.45, 2.75) is 45.0 Å². The summed E-state index contributed by atoms with van der Waals surface area (Å²) in [5.74, 6) is -2.41. The van der Waals surface area contributed by atoms with Crippen LogP contribution in [0.15, 0.2) is 24.4 Å². The number of nitrogens with one attached hydrogen (secondary N) is 3. The molecule has 2 atom stereocenters. The fourth-order valence-electron chi connectivity index (χ4n) is 4.33. The molecule has 220 valence electrons. The summed E-state index contributed by atoms with van der Waals surface area (Å²) in [7, 11) is 1.56. The van der Waals surface area contributed by atoms with Crippen LogP contribution in [0, 0.1) is 11.6 Å². The molecule has 4 rings (SSSR count). The molecule has 16 heteroatoms. The van der Waals surface area contributed by atoms with Crippen molar-refractivity contribution in [2.24, 2.45) is 7.05 Å². The molecule has 0 radical (unpaired) electrons. The fourth-order valence-corrected chi connectivity index (χ4v) is 5.33. The first kappa shape index (κ1) is 29.6. The maximum absolute atomic E-state index is 14.5. The molecule has 41 heavy (non-hydrogen) atoms. The first-order valence-corrected chi connectivity index (χ1v) is 13.2. The molecule has 1 aromatic carbocycles. The van der Waals surface area contributed by atoms with Gasteiger partial charge in [0, 0.05) is 20.0 Å². The predicted molar refractivity (Wildman–Crippen MR) is 145 cm³/mol. The van der Waals surface area contributed by atoms with E-state index in [-0.39, 0.29) is 46.7 Å². The molecule has 12 nitrogen and oxygen atoms in total. The Kier molecular flexibility index (Phi) is 8.42. The predicted octanol–water partition coefficient (Wildman–Crippen LogP) is 4.61.